The molecule has 0 fully saturated rings. The summed E-state index contributed by atoms with van der Waals surface area (Å²) in [4.78, 5) is 13.5. The molecule has 6 rings (SSSR count). The predicted octanol–water partition coefficient (Wildman–Crippen LogP) is 7.47. The summed E-state index contributed by atoms with van der Waals surface area (Å²) in [5.41, 5.74) is 7.20. The van der Waals surface area contributed by atoms with Gasteiger partial charge in [-0.15, -0.1) is 0 Å². The SMILES string of the molecule is Cc1ccc(-c2ccc3c(c2)c2cccc4c5ccccc5c(=O)n3c42)cc1C(C)(C)C. The molecule has 0 amide bonds. The molecule has 4 aromatic carbocycles. The van der Waals surface area contributed by atoms with Gasteiger partial charge in [0, 0.05) is 21.5 Å². The average molecular weight is 416 g/mol. The van der Waals surface area contributed by atoms with Gasteiger partial charge >= 0.3 is 0 Å². The molecule has 0 bridgehead atoms. The molecule has 0 unspecified atom stereocenters. The molecule has 6 aromatic rings. The lowest BCUT2D eigenvalue weighted by Gasteiger charge is -2.22. The number of nitrogens with zero attached hydrogens (tertiary/aromatic N) is 1. The van der Waals surface area contributed by atoms with Crippen LogP contribution in [0.15, 0.2) is 83.7 Å². The molecule has 32 heavy (non-hydrogen) atoms. The number of fused-ring (bicyclic) bond motifs is 5. The number of rotatable bonds is 1. The summed E-state index contributed by atoms with van der Waals surface area (Å²) in [5, 5.41) is 5.17. The second-order valence-corrected chi connectivity index (χ2v) is 9.90. The second-order valence-electron chi connectivity index (χ2n) is 9.90. The second kappa shape index (κ2) is 6.43. The Morgan fingerprint density at radius 3 is 2.03 bits per heavy atom. The minimum Gasteiger partial charge on any atom is -0.275 e. The van der Waals surface area contributed by atoms with Crippen LogP contribution in [0.5, 0.6) is 0 Å². The van der Waals surface area contributed by atoms with Crippen molar-refractivity contribution >= 4 is 38.0 Å². The number of hydrogen-bond donors (Lipinski definition) is 0. The van der Waals surface area contributed by atoms with Crippen LogP contribution in [-0.4, -0.2) is 4.40 Å². The maximum atomic E-state index is 13.5. The maximum Gasteiger partial charge on any atom is 0.263 e. The highest BCUT2D eigenvalue weighted by molar-refractivity contribution is 6.20. The summed E-state index contributed by atoms with van der Waals surface area (Å²) < 4.78 is 1.90. The summed E-state index contributed by atoms with van der Waals surface area (Å²) in [6, 6.07) is 27.5. The Labute approximate surface area is 187 Å². The zero-order valence-electron chi connectivity index (χ0n) is 18.9. The van der Waals surface area contributed by atoms with Crippen molar-refractivity contribution in [3.63, 3.8) is 0 Å². The van der Waals surface area contributed by atoms with E-state index in [4.69, 9.17) is 0 Å². The van der Waals surface area contributed by atoms with Crippen LogP contribution in [0.3, 0.4) is 0 Å². The van der Waals surface area contributed by atoms with Gasteiger partial charge in [0.05, 0.1) is 11.0 Å². The van der Waals surface area contributed by atoms with Crippen LogP contribution in [0.1, 0.15) is 31.9 Å². The summed E-state index contributed by atoms with van der Waals surface area (Å²) >= 11 is 0. The van der Waals surface area contributed by atoms with Crippen LogP contribution in [0.25, 0.3) is 49.1 Å². The lowest BCUT2D eigenvalue weighted by Crippen LogP contribution is -2.13. The Morgan fingerprint density at radius 1 is 0.656 bits per heavy atom. The van der Waals surface area contributed by atoms with Crippen molar-refractivity contribution in [2.45, 2.75) is 33.1 Å². The molecule has 2 nitrogen and oxygen atoms in total. The molecule has 0 saturated carbocycles. The Kier molecular flexibility index (Phi) is 3.83. The topological polar surface area (TPSA) is 21.5 Å². The van der Waals surface area contributed by atoms with Crippen LogP contribution in [0.4, 0.5) is 0 Å². The van der Waals surface area contributed by atoms with Gasteiger partial charge in [0.2, 0.25) is 0 Å². The lowest BCUT2D eigenvalue weighted by atomic mass is 9.82. The van der Waals surface area contributed by atoms with Crippen LogP contribution in [0, 0.1) is 6.92 Å². The first kappa shape index (κ1) is 19.1. The largest absolute Gasteiger partial charge is 0.275 e. The van der Waals surface area contributed by atoms with Gasteiger partial charge in [0.15, 0.2) is 0 Å². The number of benzene rings is 4. The molecule has 2 heterocycles. The van der Waals surface area contributed by atoms with Gasteiger partial charge in [0.1, 0.15) is 0 Å². The van der Waals surface area contributed by atoms with Crippen LogP contribution in [0.2, 0.25) is 0 Å². The minimum absolute atomic E-state index is 0.0532. The van der Waals surface area contributed by atoms with Gasteiger partial charge in [-0.25, -0.2) is 0 Å². The fraction of sp³-hybridized carbons (Fsp3) is 0.167. The number of aryl methyl sites for hydroxylation is 1. The number of pyridine rings is 1. The van der Waals surface area contributed by atoms with Crippen molar-refractivity contribution < 1.29 is 0 Å². The quantitative estimate of drug-likeness (QED) is 0.255. The van der Waals surface area contributed by atoms with Crippen LogP contribution >= 0.6 is 0 Å². The normalized spacial score (nSPS) is 12.5. The highest BCUT2D eigenvalue weighted by atomic mass is 16.1. The van der Waals surface area contributed by atoms with E-state index in [-0.39, 0.29) is 11.0 Å². The highest BCUT2D eigenvalue weighted by Gasteiger charge is 2.19. The summed E-state index contributed by atoms with van der Waals surface area (Å²) in [6.07, 6.45) is 0. The number of para-hydroxylation sites is 1. The molecular formula is C30H25NO. The van der Waals surface area contributed by atoms with Gasteiger partial charge in [-0.2, -0.15) is 0 Å². The van der Waals surface area contributed by atoms with E-state index in [0.717, 1.165) is 38.0 Å². The third-order valence-corrected chi connectivity index (χ3v) is 6.82. The maximum absolute atomic E-state index is 13.5. The molecule has 0 spiro atoms. The lowest BCUT2D eigenvalue weighted by molar-refractivity contribution is 0.586. The Bertz CT molecular complexity index is 1730. The molecule has 0 aliphatic rings. The first-order valence-corrected chi connectivity index (χ1v) is 11.2. The van der Waals surface area contributed by atoms with E-state index in [0.29, 0.717) is 0 Å². The third-order valence-electron chi connectivity index (χ3n) is 6.82. The smallest absolute Gasteiger partial charge is 0.263 e. The third kappa shape index (κ3) is 2.56. The molecule has 0 aliphatic carbocycles. The van der Waals surface area contributed by atoms with Crippen molar-refractivity contribution in [1.82, 2.24) is 4.40 Å². The zero-order valence-corrected chi connectivity index (χ0v) is 18.9. The van der Waals surface area contributed by atoms with Crippen molar-refractivity contribution in [1.29, 1.82) is 0 Å². The zero-order chi connectivity index (χ0) is 22.2. The van der Waals surface area contributed by atoms with E-state index in [2.05, 4.69) is 88.4 Å². The molecule has 156 valence electrons. The molecular weight excluding hydrogens is 390 g/mol. The van der Waals surface area contributed by atoms with E-state index in [1.54, 1.807) is 0 Å². The summed E-state index contributed by atoms with van der Waals surface area (Å²) in [7, 11) is 0. The Hall–Kier alpha value is -3.65. The van der Waals surface area contributed by atoms with Crippen LogP contribution in [-0.2, 0) is 5.41 Å². The van der Waals surface area contributed by atoms with Gasteiger partial charge in [-0.05, 0) is 58.2 Å². The number of hydrogen-bond acceptors (Lipinski definition) is 1. The minimum atomic E-state index is 0.0532. The highest BCUT2D eigenvalue weighted by Crippen LogP contribution is 2.37. The first-order chi connectivity index (χ1) is 15.3. The van der Waals surface area contributed by atoms with Crippen molar-refractivity contribution in [3.05, 3.63) is 100 Å². The van der Waals surface area contributed by atoms with Gasteiger partial charge in [-0.3, -0.25) is 9.20 Å². The summed E-state index contributed by atoms with van der Waals surface area (Å²) in [6.45, 7) is 8.96. The van der Waals surface area contributed by atoms with Gasteiger partial charge < -0.3 is 0 Å². The van der Waals surface area contributed by atoms with E-state index in [1.165, 1.54) is 22.3 Å². The molecule has 0 radical (unpaired) electrons. The fourth-order valence-electron chi connectivity index (χ4n) is 5.31. The van der Waals surface area contributed by atoms with Crippen molar-refractivity contribution in [3.8, 4) is 11.1 Å². The monoisotopic (exact) mass is 415 g/mol. The molecule has 0 N–H and O–H groups in total. The van der Waals surface area contributed by atoms with Gasteiger partial charge in [-0.1, -0.05) is 81.4 Å². The molecule has 2 heteroatoms. The molecule has 0 saturated heterocycles. The average Bonchev–Trinajstić information content (AvgIpc) is 3.12. The first-order valence-electron chi connectivity index (χ1n) is 11.2. The fourth-order valence-corrected chi connectivity index (χ4v) is 5.31. The van der Waals surface area contributed by atoms with E-state index >= 15 is 0 Å². The van der Waals surface area contributed by atoms with Crippen molar-refractivity contribution in [2.24, 2.45) is 0 Å². The van der Waals surface area contributed by atoms with E-state index in [1.807, 2.05) is 22.6 Å². The predicted molar refractivity (Wildman–Crippen MR) is 136 cm³/mol. The Morgan fingerprint density at radius 2 is 1.28 bits per heavy atom. The van der Waals surface area contributed by atoms with Crippen molar-refractivity contribution in [2.75, 3.05) is 0 Å². The standard InChI is InChI=1S/C30H25NO/c1-18-12-13-20(17-26(18)30(2,3)4)19-14-15-27-25(16-19)23-11-7-10-22-21-8-5-6-9-24(21)29(32)31(27)28(22)23/h5-17H,1-4H3. The van der Waals surface area contributed by atoms with Gasteiger partial charge in [0.25, 0.3) is 5.56 Å². The van der Waals surface area contributed by atoms with E-state index in [9.17, 15) is 4.79 Å². The van der Waals surface area contributed by atoms with Crippen LogP contribution < -0.4 is 5.56 Å². The molecule has 0 aliphatic heterocycles. The number of aromatic nitrogens is 1. The van der Waals surface area contributed by atoms with E-state index < -0.39 is 0 Å². The summed E-state index contributed by atoms with van der Waals surface area (Å²) in [5.74, 6) is 0. The molecule has 2 aromatic heterocycles. The Balaban J connectivity index is 1.71. The molecule has 0 atom stereocenters.